The lowest BCUT2D eigenvalue weighted by molar-refractivity contribution is 0.243. The smallest absolute Gasteiger partial charge is 0.229 e. The Balaban J connectivity index is 1.89. The zero-order valence-electron chi connectivity index (χ0n) is 12.8. The second-order valence-electron chi connectivity index (χ2n) is 6.62. The van der Waals surface area contributed by atoms with Crippen LogP contribution in [0.4, 0.5) is 11.4 Å². The highest BCUT2D eigenvalue weighted by Crippen LogP contribution is 2.49. The first-order valence-corrected chi connectivity index (χ1v) is 9.67. The maximum Gasteiger partial charge on any atom is 0.229 e. The van der Waals surface area contributed by atoms with Crippen molar-refractivity contribution in [3.05, 3.63) is 23.8 Å². The van der Waals surface area contributed by atoms with Gasteiger partial charge in [-0.05, 0) is 55.4 Å². The normalized spacial score (nSPS) is 28.2. The largest absolute Gasteiger partial charge is 0.384 e. The Bertz CT molecular complexity index is 632. The van der Waals surface area contributed by atoms with Crippen molar-refractivity contribution in [3.63, 3.8) is 0 Å². The summed E-state index contributed by atoms with van der Waals surface area (Å²) in [7, 11) is -3.22. The molecule has 0 amide bonds. The number of nitrogens with one attached hydrogen (secondary N) is 2. The van der Waals surface area contributed by atoms with Gasteiger partial charge in [0, 0.05) is 23.3 Å². The monoisotopic (exact) mass is 308 g/mol. The van der Waals surface area contributed by atoms with Gasteiger partial charge in [0.1, 0.15) is 0 Å². The summed E-state index contributed by atoms with van der Waals surface area (Å²) in [5.74, 6) is 0.858. The van der Waals surface area contributed by atoms with Gasteiger partial charge in [0.05, 0.1) is 6.26 Å². The standard InChI is InChI=1S/C16H24N2O2S/c1-3-12-6-8-16(9-7-12)11-17-15-5-4-13(10-14(15)16)18-21(2,19)20/h4-5,10,12,17-18H,3,6-9,11H2,1-2H3. The molecule has 2 N–H and O–H groups in total. The quantitative estimate of drug-likeness (QED) is 0.900. The van der Waals surface area contributed by atoms with Crippen molar-refractivity contribution in [1.29, 1.82) is 0 Å². The van der Waals surface area contributed by atoms with Crippen LogP contribution in [0.25, 0.3) is 0 Å². The number of rotatable bonds is 3. The first-order valence-electron chi connectivity index (χ1n) is 7.78. The summed E-state index contributed by atoms with van der Waals surface area (Å²) in [6.07, 6.45) is 7.43. The fourth-order valence-electron chi connectivity index (χ4n) is 3.86. The Hall–Kier alpha value is -1.23. The van der Waals surface area contributed by atoms with Crippen LogP contribution in [0.3, 0.4) is 0 Å². The van der Waals surface area contributed by atoms with E-state index in [1.54, 1.807) is 0 Å². The number of hydrogen-bond donors (Lipinski definition) is 2. The van der Waals surface area contributed by atoms with Crippen LogP contribution in [-0.4, -0.2) is 21.2 Å². The Morgan fingerprint density at radius 2 is 2.05 bits per heavy atom. The lowest BCUT2D eigenvalue weighted by Crippen LogP contribution is -2.33. The van der Waals surface area contributed by atoms with Crippen LogP contribution in [0, 0.1) is 5.92 Å². The molecule has 1 aliphatic carbocycles. The van der Waals surface area contributed by atoms with Gasteiger partial charge in [-0.15, -0.1) is 0 Å². The maximum absolute atomic E-state index is 11.4. The zero-order chi connectivity index (χ0) is 15.1. The van der Waals surface area contributed by atoms with Crippen molar-refractivity contribution in [3.8, 4) is 0 Å². The summed E-state index contributed by atoms with van der Waals surface area (Å²) in [5.41, 5.74) is 3.35. The van der Waals surface area contributed by atoms with E-state index in [0.717, 1.165) is 12.5 Å². The summed E-state index contributed by atoms with van der Waals surface area (Å²) in [6, 6.07) is 5.87. The number of fused-ring (bicyclic) bond motifs is 2. The van der Waals surface area contributed by atoms with Gasteiger partial charge in [-0.3, -0.25) is 4.72 Å². The number of sulfonamides is 1. The molecule has 21 heavy (non-hydrogen) atoms. The fraction of sp³-hybridized carbons (Fsp3) is 0.625. The van der Waals surface area contributed by atoms with Gasteiger partial charge < -0.3 is 5.32 Å². The molecule has 3 rings (SSSR count). The zero-order valence-corrected chi connectivity index (χ0v) is 13.6. The highest BCUT2D eigenvalue weighted by atomic mass is 32.2. The molecule has 0 bridgehead atoms. The second-order valence-corrected chi connectivity index (χ2v) is 8.37. The first kappa shape index (κ1) is 14.7. The van der Waals surface area contributed by atoms with Crippen LogP contribution in [-0.2, 0) is 15.4 Å². The molecule has 4 nitrogen and oxygen atoms in total. The molecule has 1 spiro atoms. The lowest BCUT2D eigenvalue weighted by atomic mass is 9.67. The molecule has 2 aliphatic rings. The Kier molecular flexibility index (Phi) is 3.64. The summed E-state index contributed by atoms with van der Waals surface area (Å²) in [5, 5.41) is 3.51. The van der Waals surface area contributed by atoms with Gasteiger partial charge in [-0.1, -0.05) is 13.3 Å². The average Bonchev–Trinajstić information content (AvgIpc) is 2.77. The molecule has 5 heteroatoms. The third kappa shape index (κ3) is 2.89. The highest BCUT2D eigenvalue weighted by molar-refractivity contribution is 7.92. The molecule has 1 aliphatic heterocycles. The van der Waals surface area contributed by atoms with Crippen molar-refractivity contribution in [1.82, 2.24) is 0 Å². The van der Waals surface area contributed by atoms with E-state index in [2.05, 4.69) is 17.0 Å². The van der Waals surface area contributed by atoms with Gasteiger partial charge in [0.2, 0.25) is 10.0 Å². The average molecular weight is 308 g/mol. The van der Waals surface area contributed by atoms with Crippen molar-refractivity contribution < 1.29 is 8.42 Å². The van der Waals surface area contributed by atoms with Gasteiger partial charge in [-0.2, -0.15) is 0 Å². The molecule has 0 radical (unpaired) electrons. The van der Waals surface area contributed by atoms with E-state index in [0.29, 0.717) is 5.69 Å². The number of benzene rings is 1. The van der Waals surface area contributed by atoms with Crippen LogP contribution in [0.2, 0.25) is 0 Å². The molecule has 0 atom stereocenters. The van der Waals surface area contributed by atoms with E-state index < -0.39 is 10.0 Å². The van der Waals surface area contributed by atoms with Crippen LogP contribution < -0.4 is 10.0 Å². The number of hydrogen-bond acceptors (Lipinski definition) is 3. The van der Waals surface area contributed by atoms with Crippen LogP contribution >= 0.6 is 0 Å². The summed E-state index contributed by atoms with van der Waals surface area (Å²) in [4.78, 5) is 0. The van der Waals surface area contributed by atoms with Crippen LogP contribution in [0.1, 0.15) is 44.6 Å². The van der Waals surface area contributed by atoms with Gasteiger partial charge in [0.15, 0.2) is 0 Å². The molecule has 1 heterocycles. The first-order chi connectivity index (χ1) is 9.92. The fourth-order valence-corrected chi connectivity index (χ4v) is 4.41. The topological polar surface area (TPSA) is 58.2 Å². The predicted molar refractivity (Wildman–Crippen MR) is 87.3 cm³/mol. The minimum absolute atomic E-state index is 0.205. The highest BCUT2D eigenvalue weighted by Gasteiger charge is 2.41. The van der Waals surface area contributed by atoms with E-state index in [9.17, 15) is 8.42 Å². The molecular weight excluding hydrogens is 284 g/mol. The molecule has 1 aromatic carbocycles. The molecule has 0 saturated heterocycles. The van der Waals surface area contributed by atoms with E-state index in [1.807, 2.05) is 18.2 Å². The summed E-state index contributed by atoms with van der Waals surface area (Å²) in [6.45, 7) is 3.26. The maximum atomic E-state index is 11.4. The Morgan fingerprint density at radius 3 is 2.67 bits per heavy atom. The molecule has 0 unspecified atom stereocenters. The van der Waals surface area contributed by atoms with Crippen molar-refractivity contribution >= 4 is 21.4 Å². The van der Waals surface area contributed by atoms with Gasteiger partial charge in [0.25, 0.3) is 0 Å². The Labute approximate surface area is 127 Å². The van der Waals surface area contributed by atoms with Crippen LogP contribution in [0.15, 0.2) is 18.2 Å². The number of anilines is 2. The Morgan fingerprint density at radius 1 is 1.33 bits per heavy atom. The van der Waals surface area contributed by atoms with E-state index in [4.69, 9.17) is 0 Å². The third-order valence-electron chi connectivity index (χ3n) is 5.15. The molecule has 116 valence electrons. The minimum atomic E-state index is -3.22. The van der Waals surface area contributed by atoms with Crippen molar-refractivity contribution in [2.24, 2.45) is 5.92 Å². The van der Waals surface area contributed by atoms with E-state index in [-0.39, 0.29) is 5.41 Å². The lowest BCUT2D eigenvalue weighted by Gasteiger charge is -2.37. The summed E-state index contributed by atoms with van der Waals surface area (Å²) >= 11 is 0. The van der Waals surface area contributed by atoms with E-state index >= 15 is 0 Å². The van der Waals surface area contributed by atoms with Crippen molar-refractivity contribution in [2.45, 2.75) is 44.4 Å². The van der Waals surface area contributed by atoms with Crippen LogP contribution in [0.5, 0.6) is 0 Å². The van der Waals surface area contributed by atoms with Gasteiger partial charge >= 0.3 is 0 Å². The molecular formula is C16H24N2O2S. The molecule has 1 saturated carbocycles. The van der Waals surface area contributed by atoms with E-state index in [1.165, 1.54) is 49.6 Å². The predicted octanol–water partition coefficient (Wildman–Crippen LogP) is 3.32. The molecule has 0 aromatic heterocycles. The molecule has 1 aromatic rings. The minimum Gasteiger partial charge on any atom is -0.384 e. The second kappa shape index (κ2) is 5.20. The molecule has 1 fully saturated rings. The van der Waals surface area contributed by atoms with Crippen molar-refractivity contribution in [2.75, 3.05) is 22.8 Å². The SMILES string of the molecule is CCC1CCC2(CC1)CNc1ccc(NS(C)(=O)=O)cc12. The van der Waals surface area contributed by atoms with Gasteiger partial charge in [-0.25, -0.2) is 8.42 Å². The third-order valence-corrected chi connectivity index (χ3v) is 5.76. The summed E-state index contributed by atoms with van der Waals surface area (Å²) < 4.78 is 25.4.